The van der Waals surface area contributed by atoms with E-state index in [4.69, 9.17) is 9.84 Å². The SMILES string of the molecule is CC[CH-]CC[C@@H]1[C@H]2Cc3cccc(OCC(=O)O)c3C[C@H]2C[C@H]1O.[Y]. The third-order valence-electron chi connectivity index (χ3n) is 5.69. The number of rotatable bonds is 7. The van der Waals surface area contributed by atoms with Gasteiger partial charge in [-0.3, -0.25) is 0 Å². The number of fused-ring (bicyclic) bond motifs is 2. The van der Waals surface area contributed by atoms with Gasteiger partial charge in [-0.15, -0.1) is 0 Å². The van der Waals surface area contributed by atoms with E-state index in [9.17, 15) is 9.90 Å². The normalized spacial score (nSPS) is 27.1. The van der Waals surface area contributed by atoms with Crippen molar-refractivity contribution in [2.75, 3.05) is 6.61 Å². The van der Waals surface area contributed by atoms with Crippen molar-refractivity contribution in [1.29, 1.82) is 0 Å². The summed E-state index contributed by atoms with van der Waals surface area (Å²) in [5, 5.41) is 19.4. The predicted molar refractivity (Wildman–Crippen MR) is 91.9 cm³/mol. The Bertz CT molecular complexity index is 589. The van der Waals surface area contributed by atoms with Crippen LogP contribution in [0.4, 0.5) is 0 Å². The van der Waals surface area contributed by atoms with E-state index in [1.54, 1.807) is 0 Å². The Kier molecular flexibility index (Phi) is 7.91. The minimum absolute atomic E-state index is 0. The number of benzene rings is 1. The van der Waals surface area contributed by atoms with Gasteiger partial charge < -0.3 is 21.4 Å². The molecule has 2 aliphatic rings. The molecule has 0 unspecified atom stereocenters. The maximum absolute atomic E-state index is 10.8. The van der Waals surface area contributed by atoms with Crippen LogP contribution in [-0.4, -0.2) is 28.9 Å². The number of carboxylic acids is 1. The van der Waals surface area contributed by atoms with Gasteiger partial charge in [0.15, 0.2) is 6.61 Å². The van der Waals surface area contributed by atoms with Gasteiger partial charge in [0.1, 0.15) is 5.75 Å². The molecule has 4 nitrogen and oxygen atoms in total. The van der Waals surface area contributed by atoms with Crippen LogP contribution in [-0.2, 0) is 50.3 Å². The largest absolute Gasteiger partial charge is 0.482 e. The fourth-order valence-electron chi connectivity index (χ4n) is 4.59. The molecule has 0 aromatic heterocycles. The molecule has 1 aromatic carbocycles. The predicted octanol–water partition coefficient (Wildman–Crippen LogP) is 3.25. The zero-order chi connectivity index (χ0) is 17.1. The molecular formula is C20H27O4Y-. The van der Waals surface area contributed by atoms with E-state index in [1.165, 1.54) is 5.56 Å². The second-order valence-corrected chi connectivity index (χ2v) is 7.15. The molecule has 0 heterocycles. The average Bonchev–Trinajstić information content (AvgIpc) is 2.86. The monoisotopic (exact) mass is 420 g/mol. The summed E-state index contributed by atoms with van der Waals surface area (Å²) in [7, 11) is 0. The number of hydrogen-bond donors (Lipinski definition) is 2. The minimum atomic E-state index is -0.954. The first-order valence-electron chi connectivity index (χ1n) is 9.05. The van der Waals surface area contributed by atoms with Crippen molar-refractivity contribution < 1.29 is 52.5 Å². The number of ether oxygens (including phenoxy) is 1. The van der Waals surface area contributed by atoms with Crippen LogP contribution >= 0.6 is 0 Å². The van der Waals surface area contributed by atoms with Crippen LogP contribution in [0, 0.1) is 24.2 Å². The Balaban J connectivity index is 0.00000225. The van der Waals surface area contributed by atoms with Gasteiger partial charge in [0.2, 0.25) is 0 Å². The molecule has 4 atom stereocenters. The molecule has 1 aromatic rings. The summed E-state index contributed by atoms with van der Waals surface area (Å²) in [6.07, 6.45) is 8.05. The van der Waals surface area contributed by atoms with Crippen molar-refractivity contribution in [2.24, 2.45) is 17.8 Å². The quantitative estimate of drug-likeness (QED) is 0.525. The van der Waals surface area contributed by atoms with Crippen LogP contribution in [0.15, 0.2) is 18.2 Å². The fourth-order valence-corrected chi connectivity index (χ4v) is 4.59. The molecule has 1 fully saturated rings. The molecule has 135 valence electrons. The third-order valence-corrected chi connectivity index (χ3v) is 5.69. The fraction of sp³-hybridized carbons (Fsp3) is 0.600. The first-order valence-corrected chi connectivity index (χ1v) is 9.05. The van der Waals surface area contributed by atoms with E-state index < -0.39 is 5.97 Å². The van der Waals surface area contributed by atoms with Crippen molar-refractivity contribution in [2.45, 2.75) is 51.6 Å². The van der Waals surface area contributed by atoms with Gasteiger partial charge >= 0.3 is 5.97 Å². The second kappa shape index (κ2) is 9.48. The van der Waals surface area contributed by atoms with Gasteiger partial charge in [0.25, 0.3) is 0 Å². The van der Waals surface area contributed by atoms with Crippen molar-refractivity contribution >= 4 is 5.97 Å². The summed E-state index contributed by atoms with van der Waals surface area (Å²) >= 11 is 0. The molecule has 0 saturated heterocycles. The Morgan fingerprint density at radius 2 is 2.16 bits per heavy atom. The van der Waals surface area contributed by atoms with Gasteiger partial charge in [-0.25, -0.2) is 4.79 Å². The Morgan fingerprint density at radius 1 is 1.36 bits per heavy atom. The molecule has 5 heteroatoms. The first kappa shape index (κ1) is 20.9. The van der Waals surface area contributed by atoms with Crippen LogP contribution in [0.3, 0.4) is 0 Å². The third kappa shape index (κ3) is 4.84. The van der Waals surface area contributed by atoms with Crippen molar-refractivity contribution in [3.8, 4) is 5.75 Å². The molecule has 3 rings (SSSR count). The number of aliphatic hydroxyl groups is 1. The van der Waals surface area contributed by atoms with E-state index >= 15 is 0 Å². The Hall–Kier alpha value is -0.446. The molecular weight excluding hydrogens is 393 g/mol. The Labute approximate surface area is 175 Å². The second-order valence-electron chi connectivity index (χ2n) is 7.15. The summed E-state index contributed by atoms with van der Waals surface area (Å²) in [6.45, 7) is 1.85. The summed E-state index contributed by atoms with van der Waals surface area (Å²) in [5.74, 6) is 1.14. The molecule has 0 aliphatic heterocycles. The molecule has 1 saturated carbocycles. The molecule has 25 heavy (non-hydrogen) atoms. The molecule has 1 radical (unpaired) electrons. The molecule has 2 aliphatic carbocycles. The van der Waals surface area contributed by atoms with Crippen LogP contribution in [0.25, 0.3) is 0 Å². The van der Waals surface area contributed by atoms with Gasteiger partial charge in [-0.05, 0) is 54.2 Å². The van der Waals surface area contributed by atoms with Crippen LogP contribution in [0.5, 0.6) is 5.75 Å². The van der Waals surface area contributed by atoms with Crippen molar-refractivity contribution in [1.82, 2.24) is 0 Å². The Morgan fingerprint density at radius 3 is 2.88 bits per heavy atom. The number of carboxylic acid groups (broad SMARTS) is 1. The average molecular weight is 420 g/mol. The smallest absolute Gasteiger partial charge is 0.341 e. The van der Waals surface area contributed by atoms with Crippen molar-refractivity contribution in [3.63, 3.8) is 0 Å². The molecule has 2 N–H and O–H groups in total. The summed E-state index contributed by atoms with van der Waals surface area (Å²) in [5.41, 5.74) is 2.41. The van der Waals surface area contributed by atoms with Crippen LogP contribution in [0.2, 0.25) is 0 Å². The topological polar surface area (TPSA) is 66.8 Å². The maximum Gasteiger partial charge on any atom is 0.341 e. The number of unbranched alkanes of at least 4 members (excludes halogenated alkanes) is 2. The standard InChI is InChI=1S/C20H27O4.Y/c1-2-3-4-7-15-16-9-13-6-5-8-19(24-12-20(22)23)17(13)10-14(16)11-18(15)21;/h3,5-6,8,14-16,18,21H,2,4,7,9-12H2,1H3,(H,22,23);/q-1;/t14-,15+,16-,18+;/m0./s1. The summed E-state index contributed by atoms with van der Waals surface area (Å²) in [4.78, 5) is 10.8. The van der Waals surface area contributed by atoms with E-state index in [-0.39, 0.29) is 45.4 Å². The van der Waals surface area contributed by atoms with E-state index in [2.05, 4.69) is 19.4 Å². The van der Waals surface area contributed by atoms with Gasteiger partial charge in [-0.2, -0.15) is 12.8 Å². The van der Waals surface area contributed by atoms with Gasteiger partial charge in [0, 0.05) is 32.7 Å². The van der Waals surface area contributed by atoms with E-state index in [1.807, 2.05) is 12.1 Å². The van der Waals surface area contributed by atoms with E-state index in [0.29, 0.717) is 23.5 Å². The summed E-state index contributed by atoms with van der Waals surface area (Å²) < 4.78 is 5.48. The molecule has 0 spiro atoms. The maximum atomic E-state index is 10.8. The number of carbonyl (C=O) groups is 1. The van der Waals surface area contributed by atoms with E-state index in [0.717, 1.165) is 44.1 Å². The number of aliphatic hydroxyl groups excluding tert-OH is 1. The van der Waals surface area contributed by atoms with Crippen LogP contribution in [0.1, 0.15) is 43.7 Å². The first-order chi connectivity index (χ1) is 11.6. The zero-order valence-corrected chi connectivity index (χ0v) is 17.7. The summed E-state index contributed by atoms with van der Waals surface area (Å²) in [6, 6.07) is 5.93. The van der Waals surface area contributed by atoms with Gasteiger partial charge in [-0.1, -0.05) is 25.5 Å². The number of aliphatic carboxylic acids is 1. The van der Waals surface area contributed by atoms with Crippen LogP contribution < -0.4 is 4.74 Å². The van der Waals surface area contributed by atoms with Crippen molar-refractivity contribution in [3.05, 3.63) is 35.7 Å². The minimum Gasteiger partial charge on any atom is -0.482 e. The molecule has 0 amide bonds. The molecule has 0 bridgehead atoms. The number of hydrogen-bond acceptors (Lipinski definition) is 3. The zero-order valence-electron chi connectivity index (χ0n) is 14.9. The van der Waals surface area contributed by atoms with Gasteiger partial charge in [0.05, 0.1) is 6.10 Å².